The van der Waals surface area contributed by atoms with E-state index >= 15 is 0 Å². The third-order valence-electron chi connectivity index (χ3n) is 3.81. The molecule has 0 unspecified atom stereocenters. The van der Waals surface area contributed by atoms with E-state index in [-0.39, 0.29) is 18.7 Å². The van der Waals surface area contributed by atoms with Gasteiger partial charge in [0.25, 0.3) is 0 Å². The third kappa shape index (κ3) is 2.96. The number of nitrogens with zero attached hydrogens (tertiary/aromatic N) is 1. The first kappa shape index (κ1) is 14.4. The van der Waals surface area contributed by atoms with Crippen LogP contribution < -0.4 is 0 Å². The lowest BCUT2D eigenvalue weighted by Gasteiger charge is -2.35. The molecule has 2 saturated heterocycles. The molecule has 0 aromatic carbocycles. The first-order valence-electron chi connectivity index (χ1n) is 6.58. The summed E-state index contributed by atoms with van der Waals surface area (Å²) in [7, 11) is 0. The quantitative estimate of drug-likeness (QED) is 0.732. The van der Waals surface area contributed by atoms with Crippen molar-refractivity contribution in [3.8, 4) is 0 Å². The number of ether oxygens (including phenoxy) is 2. The number of carbonyl (C=O) groups is 2. The molecule has 19 heavy (non-hydrogen) atoms. The van der Waals surface area contributed by atoms with Gasteiger partial charge in [0.15, 0.2) is 0 Å². The van der Waals surface area contributed by atoms with Crippen LogP contribution in [0.2, 0.25) is 0 Å². The van der Waals surface area contributed by atoms with Crippen molar-refractivity contribution in [3.05, 3.63) is 0 Å². The summed E-state index contributed by atoms with van der Waals surface area (Å²) in [6, 6.07) is 0.198. The molecule has 0 spiro atoms. The van der Waals surface area contributed by atoms with Gasteiger partial charge in [-0.05, 0) is 46.5 Å². The maximum absolute atomic E-state index is 12.3. The molecule has 2 aliphatic heterocycles. The van der Waals surface area contributed by atoms with Gasteiger partial charge in [0.1, 0.15) is 12.2 Å². The standard InChI is InChI=1S/C13H20ClNO4/c1-12(2,3)19-11(17)15-9-4-6-13(15,7-5-9)8-18-10(14)16/h9H,4-8H2,1-3H3. The van der Waals surface area contributed by atoms with Crippen LogP contribution in [0.15, 0.2) is 0 Å². The smallest absolute Gasteiger partial charge is 0.411 e. The number of hydrogen-bond acceptors (Lipinski definition) is 4. The van der Waals surface area contributed by atoms with E-state index in [0.29, 0.717) is 0 Å². The number of rotatable bonds is 2. The lowest BCUT2D eigenvalue weighted by molar-refractivity contribution is -0.00174. The molecule has 2 bridgehead atoms. The summed E-state index contributed by atoms with van der Waals surface area (Å²) in [5.74, 6) is 0. The molecule has 0 radical (unpaired) electrons. The molecule has 2 heterocycles. The Balaban J connectivity index is 2.10. The summed E-state index contributed by atoms with van der Waals surface area (Å²) < 4.78 is 10.4. The Labute approximate surface area is 118 Å². The van der Waals surface area contributed by atoms with E-state index in [4.69, 9.17) is 21.1 Å². The molecular weight excluding hydrogens is 270 g/mol. The lowest BCUT2D eigenvalue weighted by Crippen LogP contribution is -2.50. The van der Waals surface area contributed by atoms with Crippen molar-refractivity contribution in [2.45, 2.75) is 63.6 Å². The van der Waals surface area contributed by atoms with Gasteiger partial charge in [-0.25, -0.2) is 9.59 Å². The van der Waals surface area contributed by atoms with E-state index in [1.807, 2.05) is 20.8 Å². The number of halogens is 1. The molecule has 0 saturated carbocycles. The molecule has 5 nitrogen and oxygen atoms in total. The van der Waals surface area contributed by atoms with Crippen LogP contribution in [0.3, 0.4) is 0 Å². The Morgan fingerprint density at radius 1 is 1.32 bits per heavy atom. The molecule has 0 atom stereocenters. The van der Waals surface area contributed by atoms with Gasteiger partial charge in [0.2, 0.25) is 0 Å². The Kier molecular flexibility index (Phi) is 3.69. The highest BCUT2D eigenvalue weighted by atomic mass is 35.5. The van der Waals surface area contributed by atoms with Crippen LogP contribution in [0, 0.1) is 0 Å². The minimum atomic E-state index is -0.825. The minimum Gasteiger partial charge on any atom is -0.451 e. The molecule has 0 N–H and O–H groups in total. The highest BCUT2D eigenvalue weighted by Crippen LogP contribution is 2.47. The van der Waals surface area contributed by atoms with Crippen LogP contribution in [0.5, 0.6) is 0 Å². The lowest BCUT2D eigenvalue weighted by atomic mass is 9.88. The van der Waals surface area contributed by atoms with E-state index in [2.05, 4.69) is 0 Å². The van der Waals surface area contributed by atoms with Gasteiger partial charge in [-0.3, -0.25) is 4.90 Å². The predicted octanol–water partition coefficient (Wildman–Crippen LogP) is 3.29. The number of carbonyl (C=O) groups excluding carboxylic acids is 2. The molecule has 6 heteroatoms. The number of fused-ring (bicyclic) bond motifs is 2. The second-order valence-electron chi connectivity index (χ2n) is 6.33. The summed E-state index contributed by atoms with van der Waals surface area (Å²) in [6.07, 6.45) is 3.21. The predicted molar refractivity (Wildman–Crippen MR) is 70.3 cm³/mol. The van der Waals surface area contributed by atoms with Gasteiger partial charge in [-0.15, -0.1) is 0 Å². The summed E-state index contributed by atoms with van der Waals surface area (Å²) in [5.41, 5.74) is -1.77. The Morgan fingerprint density at radius 3 is 2.37 bits per heavy atom. The first-order valence-corrected chi connectivity index (χ1v) is 6.96. The van der Waals surface area contributed by atoms with E-state index < -0.39 is 16.6 Å². The number of hydrogen-bond donors (Lipinski definition) is 0. The fourth-order valence-electron chi connectivity index (χ4n) is 3.09. The molecule has 0 aromatic heterocycles. The van der Waals surface area contributed by atoms with Gasteiger partial charge in [0.05, 0.1) is 5.54 Å². The largest absolute Gasteiger partial charge is 0.451 e. The van der Waals surface area contributed by atoms with Gasteiger partial charge in [-0.2, -0.15) is 0 Å². The zero-order valence-corrected chi connectivity index (χ0v) is 12.3. The van der Waals surface area contributed by atoms with Crippen molar-refractivity contribution in [1.29, 1.82) is 0 Å². The van der Waals surface area contributed by atoms with Crippen molar-refractivity contribution in [3.63, 3.8) is 0 Å². The fraction of sp³-hybridized carbons (Fsp3) is 0.846. The maximum atomic E-state index is 12.3. The van der Waals surface area contributed by atoms with Crippen LogP contribution in [0.4, 0.5) is 9.59 Å². The zero-order chi connectivity index (χ0) is 14.3. The molecule has 0 aromatic rings. The van der Waals surface area contributed by atoms with Crippen LogP contribution in [0.1, 0.15) is 46.5 Å². The normalized spacial score (nSPS) is 29.5. The van der Waals surface area contributed by atoms with E-state index in [9.17, 15) is 9.59 Å². The van der Waals surface area contributed by atoms with Crippen LogP contribution >= 0.6 is 11.6 Å². The van der Waals surface area contributed by atoms with E-state index in [1.54, 1.807) is 4.90 Å². The highest BCUT2D eigenvalue weighted by molar-refractivity contribution is 6.61. The molecular formula is C13H20ClNO4. The fourth-order valence-corrected chi connectivity index (χ4v) is 3.14. The van der Waals surface area contributed by atoms with E-state index in [0.717, 1.165) is 25.7 Å². The minimum absolute atomic E-state index is 0.158. The SMILES string of the molecule is CC(C)(C)OC(=O)N1C2CCC1(COC(=O)Cl)CC2. The van der Waals surface area contributed by atoms with Crippen molar-refractivity contribution in [1.82, 2.24) is 4.90 Å². The van der Waals surface area contributed by atoms with Crippen molar-refractivity contribution in [2.75, 3.05) is 6.61 Å². The van der Waals surface area contributed by atoms with Crippen molar-refractivity contribution < 1.29 is 19.1 Å². The van der Waals surface area contributed by atoms with Crippen LogP contribution in [0.25, 0.3) is 0 Å². The van der Waals surface area contributed by atoms with Gasteiger partial charge in [0, 0.05) is 17.6 Å². The van der Waals surface area contributed by atoms with Crippen LogP contribution in [-0.2, 0) is 9.47 Å². The summed E-state index contributed by atoms with van der Waals surface area (Å²) in [4.78, 5) is 24.8. The maximum Gasteiger partial charge on any atom is 0.411 e. The molecule has 1 amide bonds. The van der Waals surface area contributed by atoms with Crippen molar-refractivity contribution >= 4 is 23.1 Å². The zero-order valence-electron chi connectivity index (χ0n) is 11.6. The summed E-state index contributed by atoms with van der Waals surface area (Å²) >= 11 is 5.23. The Morgan fingerprint density at radius 2 is 1.89 bits per heavy atom. The Hall–Kier alpha value is -0.970. The average molecular weight is 290 g/mol. The molecule has 2 fully saturated rings. The number of amides is 1. The summed E-state index contributed by atoms with van der Waals surface area (Å²) in [6.45, 7) is 5.68. The average Bonchev–Trinajstić information content (AvgIpc) is 2.79. The molecule has 0 aliphatic carbocycles. The van der Waals surface area contributed by atoms with Crippen LogP contribution in [-0.4, -0.2) is 40.2 Å². The molecule has 108 valence electrons. The summed E-state index contributed by atoms with van der Waals surface area (Å²) in [5, 5.41) is 0. The first-order chi connectivity index (χ1) is 8.73. The highest BCUT2D eigenvalue weighted by Gasteiger charge is 2.55. The molecule has 2 rings (SSSR count). The van der Waals surface area contributed by atoms with E-state index in [1.165, 1.54) is 0 Å². The second kappa shape index (κ2) is 4.85. The Bertz CT molecular complexity index is 383. The molecule has 2 aliphatic rings. The van der Waals surface area contributed by atoms with Gasteiger partial charge >= 0.3 is 11.5 Å². The second-order valence-corrected chi connectivity index (χ2v) is 6.64. The van der Waals surface area contributed by atoms with Crippen molar-refractivity contribution in [2.24, 2.45) is 0 Å². The van der Waals surface area contributed by atoms with Gasteiger partial charge < -0.3 is 9.47 Å². The monoisotopic (exact) mass is 289 g/mol. The van der Waals surface area contributed by atoms with Gasteiger partial charge in [-0.1, -0.05) is 0 Å². The topological polar surface area (TPSA) is 55.8 Å². The third-order valence-corrected chi connectivity index (χ3v) is 3.92.